The van der Waals surface area contributed by atoms with Crippen LogP contribution < -0.4 is 5.32 Å². The van der Waals surface area contributed by atoms with Crippen molar-refractivity contribution in [2.75, 3.05) is 46.0 Å². The summed E-state index contributed by atoms with van der Waals surface area (Å²) in [7, 11) is -1.48. The predicted octanol–water partition coefficient (Wildman–Crippen LogP) is -1.13. The van der Waals surface area contributed by atoms with E-state index in [2.05, 4.69) is 10.2 Å². The first-order valence-electron chi connectivity index (χ1n) is 5.49. The van der Waals surface area contributed by atoms with Crippen molar-refractivity contribution in [3.8, 4) is 0 Å². The predicted molar refractivity (Wildman–Crippen MR) is 66.1 cm³/mol. The minimum Gasteiger partial charge on any atom is -0.356 e. The molecule has 0 aromatic heterocycles. The van der Waals surface area contributed by atoms with Gasteiger partial charge in [-0.2, -0.15) is 4.31 Å². The summed E-state index contributed by atoms with van der Waals surface area (Å²) in [6.45, 7) is 3.11. The van der Waals surface area contributed by atoms with Gasteiger partial charge in [0.2, 0.25) is 15.9 Å². The lowest BCUT2D eigenvalue weighted by molar-refractivity contribution is -0.116. The van der Waals surface area contributed by atoms with E-state index in [4.69, 9.17) is 0 Å². The van der Waals surface area contributed by atoms with Crippen LogP contribution in [-0.2, 0) is 14.8 Å². The van der Waals surface area contributed by atoms with E-state index >= 15 is 0 Å². The summed E-state index contributed by atoms with van der Waals surface area (Å²) in [4.78, 5) is 13.0. The van der Waals surface area contributed by atoms with Crippen molar-refractivity contribution >= 4 is 15.9 Å². The smallest absolute Gasteiger partial charge is 0.243 e. The molecule has 1 fully saturated rings. The van der Waals surface area contributed by atoms with Crippen molar-refractivity contribution in [2.24, 2.45) is 0 Å². The number of hydrogen-bond acceptors (Lipinski definition) is 4. The van der Waals surface area contributed by atoms with E-state index in [1.54, 1.807) is 13.1 Å². The van der Waals surface area contributed by atoms with Crippen molar-refractivity contribution in [1.82, 2.24) is 14.5 Å². The van der Waals surface area contributed by atoms with Crippen molar-refractivity contribution in [2.45, 2.75) is 0 Å². The Bertz CT molecular complexity index is 384. The quantitative estimate of drug-likeness (QED) is 0.650. The van der Waals surface area contributed by atoms with E-state index in [1.165, 1.54) is 16.6 Å². The lowest BCUT2D eigenvalue weighted by Gasteiger charge is -2.32. The lowest BCUT2D eigenvalue weighted by atomic mass is 10.3. The van der Waals surface area contributed by atoms with Crippen molar-refractivity contribution in [3.63, 3.8) is 0 Å². The van der Waals surface area contributed by atoms with Crippen LogP contribution >= 0.6 is 0 Å². The zero-order valence-electron chi connectivity index (χ0n) is 10.2. The normalized spacial score (nSPS) is 19.6. The third kappa shape index (κ3) is 4.84. The third-order valence-electron chi connectivity index (χ3n) is 2.68. The van der Waals surface area contributed by atoms with Crippen molar-refractivity contribution < 1.29 is 13.2 Å². The molecular weight excluding hydrogens is 242 g/mol. The lowest BCUT2D eigenvalue weighted by Crippen LogP contribution is -2.48. The fraction of sp³-hybridized carbons (Fsp3) is 0.700. The minimum atomic E-state index is -3.06. The molecule has 0 unspecified atom stereocenters. The molecule has 0 aromatic rings. The topological polar surface area (TPSA) is 69.7 Å². The van der Waals surface area contributed by atoms with Gasteiger partial charge in [0.05, 0.1) is 6.26 Å². The van der Waals surface area contributed by atoms with Crippen LogP contribution in [0.4, 0.5) is 0 Å². The number of piperazine rings is 1. The second-order valence-electron chi connectivity index (χ2n) is 3.98. The zero-order valence-corrected chi connectivity index (χ0v) is 11.0. The molecule has 0 radical (unpaired) electrons. The Labute approximate surface area is 102 Å². The molecule has 17 heavy (non-hydrogen) atoms. The van der Waals surface area contributed by atoms with E-state index in [1.807, 2.05) is 0 Å². The first-order valence-corrected chi connectivity index (χ1v) is 7.34. The molecule has 7 heteroatoms. The number of nitrogens with zero attached hydrogens (tertiary/aromatic N) is 2. The number of likely N-dealkylation sites (N-methyl/N-ethyl adjacent to an activating group) is 1. The second-order valence-corrected chi connectivity index (χ2v) is 5.96. The second kappa shape index (κ2) is 6.13. The Morgan fingerprint density at radius 3 is 2.35 bits per heavy atom. The molecule has 0 spiro atoms. The van der Waals surface area contributed by atoms with E-state index < -0.39 is 10.0 Å². The van der Waals surface area contributed by atoms with Crippen LogP contribution in [0.3, 0.4) is 0 Å². The van der Waals surface area contributed by atoms with Crippen molar-refractivity contribution in [3.05, 3.63) is 12.2 Å². The molecule has 1 amide bonds. The Balaban J connectivity index is 2.33. The van der Waals surface area contributed by atoms with Crippen LogP contribution in [0.5, 0.6) is 0 Å². The van der Waals surface area contributed by atoms with Crippen LogP contribution in [0.25, 0.3) is 0 Å². The molecular formula is C10H19N3O3S. The Kier molecular flexibility index (Phi) is 5.10. The van der Waals surface area contributed by atoms with E-state index in [9.17, 15) is 13.2 Å². The number of sulfonamides is 1. The first-order chi connectivity index (χ1) is 7.93. The highest BCUT2D eigenvalue weighted by molar-refractivity contribution is 7.88. The molecule has 1 N–H and O–H groups in total. The summed E-state index contributed by atoms with van der Waals surface area (Å²) in [5.74, 6) is -0.125. The molecule has 6 nitrogen and oxygen atoms in total. The summed E-state index contributed by atoms with van der Waals surface area (Å²) < 4.78 is 24.0. The maximum Gasteiger partial charge on any atom is 0.243 e. The van der Waals surface area contributed by atoms with Crippen LogP contribution in [0.15, 0.2) is 12.2 Å². The summed E-state index contributed by atoms with van der Waals surface area (Å²) in [6, 6.07) is 0. The molecule has 0 aromatic carbocycles. The molecule has 1 aliphatic rings. The van der Waals surface area contributed by atoms with Gasteiger partial charge in [-0.3, -0.25) is 9.69 Å². The molecule has 0 aliphatic carbocycles. The SMILES string of the molecule is CNC(=O)/C=C/CN1CCN(S(C)(=O)=O)CC1. The number of carbonyl (C=O) groups excluding carboxylic acids is 1. The molecule has 1 saturated heterocycles. The van der Waals surface area contributed by atoms with Gasteiger partial charge in [-0.1, -0.05) is 6.08 Å². The molecule has 98 valence electrons. The van der Waals surface area contributed by atoms with Gasteiger partial charge >= 0.3 is 0 Å². The number of carbonyl (C=O) groups is 1. The average Bonchev–Trinajstić information content (AvgIpc) is 2.28. The molecule has 0 atom stereocenters. The van der Waals surface area contributed by atoms with Crippen LogP contribution in [0, 0.1) is 0 Å². The van der Waals surface area contributed by atoms with Gasteiger partial charge in [-0.15, -0.1) is 0 Å². The van der Waals surface area contributed by atoms with E-state index in [0.717, 1.165) is 0 Å². The maximum atomic E-state index is 11.3. The highest BCUT2D eigenvalue weighted by Crippen LogP contribution is 2.05. The standard InChI is InChI=1S/C10H19N3O3S/c1-11-10(14)4-3-5-12-6-8-13(9-7-12)17(2,15)16/h3-4H,5-9H2,1-2H3,(H,11,14)/b4-3+. The van der Waals surface area contributed by atoms with E-state index in [0.29, 0.717) is 32.7 Å². The Morgan fingerprint density at radius 2 is 1.88 bits per heavy atom. The van der Waals surface area contributed by atoms with Gasteiger partial charge < -0.3 is 5.32 Å². The van der Waals surface area contributed by atoms with Crippen LogP contribution in [-0.4, -0.2) is 69.6 Å². The molecule has 0 bridgehead atoms. The van der Waals surface area contributed by atoms with Gasteiger partial charge in [0.1, 0.15) is 0 Å². The number of rotatable bonds is 4. The molecule has 1 heterocycles. The largest absolute Gasteiger partial charge is 0.356 e. The fourth-order valence-corrected chi connectivity index (χ4v) is 2.46. The van der Waals surface area contributed by atoms with Gasteiger partial charge in [0, 0.05) is 45.8 Å². The fourth-order valence-electron chi connectivity index (χ4n) is 1.64. The monoisotopic (exact) mass is 261 g/mol. The van der Waals surface area contributed by atoms with Gasteiger partial charge in [0.25, 0.3) is 0 Å². The Hall–Kier alpha value is -0.920. The highest BCUT2D eigenvalue weighted by Gasteiger charge is 2.22. The highest BCUT2D eigenvalue weighted by atomic mass is 32.2. The first kappa shape index (κ1) is 14.1. The van der Waals surface area contributed by atoms with Crippen LogP contribution in [0.1, 0.15) is 0 Å². The summed E-state index contributed by atoms with van der Waals surface area (Å²) in [5, 5.41) is 2.50. The zero-order chi connectivity index (χ0) is 12.9. The summed E-state index contributed by atoms with van der Waals surface area (Å²) in [6.07, 6.45) is 4.51. The summed E-state index contributed by atoms with van der Waals surface area (Å²) >= 11 is 0. The number of hydrogen-bond donors (Lipinski definition) is 1. The van der Waals surface area contributed by atoms with Gasteiger partial charge in [-0.25, -0.2) is 8.42 Å². The molecule has 0 saturated carbocycles. The third-order valence-corrected chi connectivity index (χ3v) is 3.98. The van der Waals surface area contributed by atoms with Crippen molar-refractivity contribution in [1.29, 1.82) is 0 Å². The van der Waals surface area contributed by atoms with E-state index in [-0.39, 0.29) is 5.91 Å². The molecule has 1 rings (SSSR count). The van der Waals surface area contributed by atoms with Gasteiger partial charge in [-0.05, 0) is 0 Å². The Morgan fingerprint density at radius 1 is 1.29 bits per heavy atom. The average molecular weight is 261 g/mol. The maximum absolute atomic E-state index is 11.3. The number of amides is 1. The number of nitrogens with one attached hydrogen (secondary N) is 1. The van der Waals surface area contributed by atoms with Gasteiger partial charge in [0.15, 0.2) is 0 Å². The van der Waals surface area contributed by atoms with Crippen LogP contribution in [0.2, 0.25) is 0 Å². The summed E-state index contributed by atoms with van der Waals surface area (Å²) in [5.41, 5.74) is 0. The molecule has 1 aliphatic heterocycles. The minimum absolute atomic E-state index is 0.125.